The molecule has 0 spiro atoms. The average Bonchev–Trinajstić information content (AvgIpc) is 2.41. The summed E-state index contributed by atoms with van der Waals surface area (Å²) in [4.78, 5) is 11.7. The molecule has 0 aliphatic carbocycles. The van der Waals surface area contributed by atoms with Crippen molar-refractivity contribution in [2.24, 2.45) is 0 Å². The summed E-state index contributed by atoms with van der Waals surface area (Å²) >= 11 is 0. The molecular weight excluding hydrogens is 259 g/mol. The number of carbonyl (C=O) groups is 1. The van der Waals surface area contributed by atoms with Crippen molar-refractivity contribution in [3.63, 3.8) is 0 Å². The van der Waals surface area contributed by atoms with E-state index in [0.29, 0.717) is 19.7 Å². The van der Waals surface area contributed by atoms with E-state index in [1.807, 2.05) is 13.8 Å². The molecule has 112 valence electrons. The van der Waals surface area contributed by atoms with Gasteiger partial charge in [-0.15, -0.1) is 0 Å². The number of methoxy groups -OCH3 is 1. The van der Waals surface area contributed by atoms with Crippen molar-refractivity contribution in [3.05, 3.63) is 35.1 Å². The van der Waals surface area contributed by atoms with Gasteiger partial charge in [-0.25, -0.2) is 4.39 Å². The smallest absolute Gasteiger partial charge is 0.236 e. The Kier molecular flexibility index (Phi) is 7.18. The molecule has 0 aromatic heterocycles. The molecule has 1 atom stereocenters. The molecule has 0 aliphatic rings. The molecule has 1 rings (SSSR count). The lowest BCUT2D eigenvalue weighted by Gasteiger charge is -2.14. The van der Waals surface area contributed by atoms with Gasteiger partial charge in [-0.2, -0.15) is 0 Å². The van der Waals surface area contributed by atoms with Gasteiger partial charge in [0.2, 0.25) is 5.91 Å². The molecule has 20 heavy (non-hydrogen) atoms. The van der Waals surface area contributed by atoms with Crippen LogP contribution in [0.2, 0.25) is 0 Å². The molecule has 1 aromatic carbocycles. The number of ether oxygens (including phenoxy) is 1. The zero-order valence-corrected chi connectivity index (χ0v) is 12.3. The summed E-state index contributed by atoms with van der Waals surface area (Å²) in [5, 5.41) is 5.93. The van der Waals surface area contributed by atoms with Crippen LogP contribution in [0.3, 0.4) is 0 Å². The van der Waals surface area contributed by atoms with Crippen molar-refractivity contribution in [2.45, 2.75) is 26.3 Å². The summed E-state index contributed by atoms with van der Waals surface area (Å²) in [5.74, 6) is -0.261. The first-order chi connectivity index (χ1) is 9.54. The van der Waals surface area contributed by atoms with Crippen molar-refractivity contribution in [1.29, 1.82) is 0 Å². The van der Waals surface area contributed by atoms with Gasteiger partial charge in [-0.3, -0.25) is 4.79 Å². The predicted octanol–water partition coefficient (Wildman–Crippen LogP) is 1.42. The minimum absolute atomic E-state index is 0.0436. The summed E-state index contributed by atoms with van der Waals surface area (Å²) in [6.45, 7) is 5.40. The van der Waals surface area contributed by atoms with E-state index in [-0.39, 0.29) is 17.8 Å². The molecule has 0 bridgehead atoms. The van der Waals surface area contributed by atoms with Gasteiger partial charge in [0.05, 0.1) is 12.6 Å². The van der Waals surface area contributed by atoms with Crippen molar-refractivity contribution >= 4 is 5.91 Å². The summed E-state index contributed by atoms with van der Waals surface area (Å²) in [7, 11) is 1.60. The van der Waals surface area contributed by atoms with E-state index in [4.69, 9.17) is 4.74 Å². The van der Waals surface area contributed by atoms with Gasteiger partial charge >= 0.3 is 0 Å². The minimum atomic E-state index is -0.257. The van der Waals surface area contributed by atoms with Gasteiger partial charge in [0.25, 0.3) is 0 Å². The van der Waals surface area contributed by atoms with Crippen LogP contribution in [0.1, 0.15) is 18.1 Å². The fourth-order valence-corrected chi connectivity index (χ4v) is 1.89. The maximum absolute atomic E-state index is 13.0. The molecule has 1 unspecified atom stereocenters. The van der Waals surface area contributed by atoms with E-state index in [2.05, 4.69) is 10.6 Å². The molecule has 2 N–H and O–H groups in total. The lowest BCUT2D eigenvalue weighted by molar-refractivity contribution is -0.122. The number of hydrogen-bond donors (Lipinski definition) is 2. The Morgan fingerprint density at radius 1 is 1.40 bits per heavy atom. The zero-order chi connectivity index (χ0) is 15.0. The van der Waals surface area contributed by atoms with E-state index in [1.54, 1.807) is 13.2 Å². The first-order valence-corrected chi connectivity index (χ1v) is 6.79. The van der Waals surface area contributed by atoms with Crippen LogP contribution in [-0.4, -0.2) is 38.8 Å². The maximum atomic E-state index is 13.0. The third-order valence-electron chi connectivity index (χ3n) is 3.15. The Labute approximate surface area is 119 Å². The Hall–Kier alpha value is -1.46. The van der Waals surface area contributed by atoms with Crippen LogP contribution in [0.15, 0.2) is 18.2 Å². The first-order valence-electron chi connectivity index (χ1n) is 6.79. The van der Waals surface area contributed by atoms with Gasteiger partial charge in [0.15, 0.2) is 0 Å². The van der Waals surface area contributed by atoms with Crippen molar-refractivity contribution in [1.82, 2.24) is 10.6 Å². The van der Waals surface area contributed by atoms with Crippen LogP contribution in [0.5, 0.6) is 0 Å². The maximum Gasteiger partial charge on any atom is 0.236 e. The molecule has 0 saturated heterocycles. The number of aryl methyl sites for hydroxylation is 1. The standard InChI is InChI=1S/C15H23FN2O2/c1-11-10-14(16)5-4-13(11)6-7-17-12(2)15(19)18-8-9-20-3/h4-5,10,12,17H,6-9H2,1-3H3,(H,18,19). The van der Waals surface area contributed by atoms with Crippen LogP contribution in [-0.2, 0) is 16.0 Å². The molecule has 5 heteroatoms. The summed E-state index contributed by atoms with van der Waals surface area (Å²) in [6, 6.07) is 4.52. The fourth-order valence-electron chi connectivity index (χ4n) is 1.89. The summed E-state index contributed by atoms with van der Waals surface area (Å²) in [6.07, 6.45) is 0.766. The largest absolute Gasteiger partial charge is 0.383 e. The normalized spacial score (nSPS) is 12.2. The first kappa shape index (κ1) is 16.6. The average molecular weight is 282 g/mol. The molecule has 0 fully saturated rings. The van der Waals surface area contributed by atoms with Crippen LogP contribution in [0, 0.1) is 12.7 Å². The third kappa shape index (κ3) is 5.67. The van der Waals surface area contributed by atoms with E-state index in [1.165, 1.54) is 12.1 Å². The van der Waals surface area contributed by atoms with Gasteiger partial charge in [-0.1, -0.05) is 6.07 Å². The summed E-state index contributed by atoms with van der Waals surface area (Å²) < 4.78 is 17.8. The topological polar surface area (TPSA) is 50.4 Å². The number of benzene rings is 1. The second-order valence-electron chi connectivity index (χ2n) is 4.78. The summed E-state index contributed by atoms with van der Waals surface area (Å²) in [5.41, 5.74) is 2.02. The van der Waals surface area contributed by atoms with E-state index < -0.39 is 0 Å². The Bertz CT molecular complexity index is 438. The highest BCUT2D eigenvalue weighted by molar-refractivity contribution is 5.81. The van der Waals surface area contributed by atoms with Crippen LogP contribution in [0.25, 0.3) is 0 Å². The minimum Gasteiger partial charge on any atom is -0.383 e. The predicted molar refractivity (Wildman–Crippen MR) is 77.2 cm³/mol. The number of nitrogens with one attached hydrogen (secondary N) is 2. The quantitative estimate of drug-likeness (QED) is 0.709. The van der Waals surface area contributed by atoms with Gasteiger partial charge in [0, 0.05) is 13.7 Å². The highest BCUT2D eigenvalue weighted by atomic mass is 19.1. The van der Waals surface area contributed by atoms with E-state index in [9.17, 15) is 9.18 Å². The van der Waals surface area contributed by atoms with Crippen LogP contribution < -0.4 is 10.6 Å². The third-order valence-corrected chi connectivity index (χ3v) is 3.15. The molecule has 1 aromatic rings. The van der Waals surface area contributed by atoms with Gasteiger partial charge in [0.1, 0.15) is 5.82 Å². The molecule has 0 radical (unpaired) electrons. The SMILES string of the molecule is COCCNC(=O)C(C)NCCc1ccc(F)cc1C. The van der Waals surface area contributed by atoms with Crippen molar-refractivity contribution in [2.75, 3.05) is 26.8 Å². The molecule has 0 heterocycles. The Morgan fingerprint density at radius 3 is 2.80 bits per heavy atom. The molecule has 1 amide bonds. The molecular formula is C15H23FN2O2. The fraction of sp³-hybridized carbons (Fsp3) is 0.533. The highest BCUT2D eigenvalue weighted by Gasteiger charge is 2.11. The number of amides is 1. The Balaban J connectivity index is 2.30. The van der Waals surface area contributed by atoms with Gasteiger partial charge in [-0.05, 0) is 50.1 Å². The molecule has 0 saturated carbocycles. The number of rotatable bonds is 8. The van der Waals surface area contributed by atoms with E-state index >= 15 is 0 Å². The van der Waals surface area contributed by atoms with Crippen molar-refractivity contribution in [3.8, 4) is 0 Å². The van der Waals surface area contributed by atoms with Gasteiger partial charge < -0.3 is 15.4 Å². The molecule has 0 aliphatic heterocycles. The highest BCUT2D eigenvalue weighted by Crippen LogP contribution is 2.10. The van der Waals surface area contributed by atoms with Crippen molar-refractivity contribution < 1.29 is 13.9 Å². The lowest BCUT2D eigenvalue weighted by Crippen LogP contribution is -2.43. The van der Waals surface area contributed by atoms with E-state index in [0.717, 1.165) is 17.5 Å². The second-order valence-corrected chi connectivity index (χ2v) is 4.78. The monoisotopic (exact) mass is 282 g/mol. The molecule has 4 nitrogen and oxygen atoms in total. The number of carbonyl (C=O) groups excluding carboxylic acids is 1. The Morgan fingerprint density at radius 2 is 2.15 bits per heavy atom. The number of hydrogen-bond acceptors (Lipinski definition) is 3. The number of halogens is 1. The van der Waals surface area contributed by atoms with Crippen LogP contribution in [0.4, 0.5) is 4.39 Å². The zero-order valence-electron chi connectivity index (χ0n) is 12.3. The second kappa shape index (κ2) is 8.66. The lowest BCUT2D eigenvalue weighted by atomic mass is 10.1. The van der Waals surface area contributed by atoms with Crippen LogP contribution >= 0.6 is 0 Å².